The van der Waals surface area contributed by atoms with Gasteiger partial charge in [-0.25, -0.2) is 12.7 Å². The highest BCUT2D eigenvalue weighted by molar-refractivity contribution is 7.89. The number of benzene rings is 2. The molecule has 1 unspecified atom stereocenters. The first-order chi connectivity index (χ1) is 13.1. The molecule has 0 aromatic heterocycles. The molecule has 0 radical (unpaired) electrons. The quantitative estimate of drug-likeness (QED) is 0.683. The third-order valence-corrected chi connectivity index (χ3v) is 6.26. The Labute approximate surface area is 167 Å². The summed E-state index contributed by atoms with van der Waals surface area (Å²) in [6.07, 6.45) is 0. The molecular formula is C20H28N3O4S+. The monoisotopic (exact) mass is 406 g/mol. The Kier molecular flexibility index (Phi) is 7.17. The number of carbonyl (C=O) groups excluding carboxylic acids is 1. The first-order valence-electron chi connectivity index (χ1n) is 8.91. The lowest BCUT2D eigenvalue weighted by Crippen LogP contribution is -3.08. The number of nitrogens with one attached hydrogen (secondary N) is 2. The molecule has 2 rings (SSSR count). The molecule has 1 atom stereocenters. The molecule has 0 heterocycles. The molecule has 0 aliphatic rings. The van der Waals surface area contributed by atoms with Gasteiger partial charge in [0.2, 0.25) is 10.0 Å². The lowest BCUT2D eigenvalue weighted by molar-refractivity contribution is -0.885. The number of aryl methyl sites for hydroxylation is 1. The van der Waals surface area contributed by atoms with Crippen LogP contribution in [0, 0.1) is 6.92 Å². The van der Waals surface area contributed by atoms with E-state index in [2.05, 4.69) is 11.4 Å². The molecule has 1 amide bonds. The van der Waals surface area contributed by atoms with E-state index < -0.39 is 10.0 Å². The zero-order chi connectivity index (χ0) is 20.9. The van der Waals surface area contributed by atoms with Crippen molar-refractivity contribution in [3.63, 3.8) is 0 Å². The summed E-state index contributed by atoms with van der Waals surface area (Å²) in [5.41, 5.74) is 2.79. The number of carbonyl (C=O) groups is 1. The van der Waals surface area contributed by atoms with Crippen molar-refractivity contribution in [2.75, 3.05) is 40.1 Å². The average molecular weight is 407 g/mol. The second-order valence-electron chi connectivity index (χ2n) is 6.94. The van der Waals surface area contributed by atoms with E-state index in [-0.39, 0.29) is 23.1 Å². The number of ether oxygens (including phenoxy) is 1. The van der Waals surface area contributed by atoms with E-state index in [1.54, 1.807) is 6.07 Å². The van der Waals surface area contributed by atoms with Crippen LogP contribution >= 0.6 is 0 Å². The molecular weight excluding hydrogens is 378 g/mol. The van der Waals surface area contributed by atoms with E-state index in [1.165, 1.54) is 44.5 Å². The highest BCUT2D eigenvalue weighted by atomic mass is 32.2. The van der Waals surface area contributed by atoms with Crippen LogP contribution in [0.4, 0.5) is 5.69 Å². The number of rotatable bonds is 8. The van der Waals surface area contributed by atoms with Crippen molar-refractivity contribution in [2.45, 2.75) is 18.4 Å². The van der Waals surface area contributed by atoms with Gasteiger partial charge < -0.3 is 15.0 Å². The fourth-order valence-electron chi connectivity index (χ4n) is 2.83. The molecule has 0 spiro atoms. The number of anilines is 1. The molecule has 2 aromatic rings. The molecule has 2 aromatic carbocycles. The number of hydrogen-bond acceptors (Lipinski definition) is 4. The molecule has 28 heavy (non-hydrogen) atoms. The van der Waals surface area contributed by atoms with Gasteiger partial charge in [-0.3, -0.25) is 4.79 Å². The van der Waals surface area contributed by atoms with Crippen molar-refractivity contribution < 1.29 is 22.8 Å². The Morgan fingerprint density at radius 3 is 2.46 bits per heavy atom. The van der Waals surface area contributed by atoms with Gasteiger partial charge in [0, 0.05) is 25.3 Å². The highest BCUT2D eigenvalue weighted by Gasteiger charge is 2.23. The predicted molar refractivity (Wildman–Crippen MR) is 109 cm³/mol. The highest BCUT2D eigenvalue weighted by Crippen LogP contribution is 2.28. The van der Waals surface area contributed by atoms with E-state index >= 15 is 0 Å². The fourth-order valence-corrected chi connectivity index (χ4v) is 3.90. The van der Waals surface area contributed by atoms with E-state index in [0.29, 0.717) is 5.69 Å². The lowest BCUT2D eigenvalue weighted by atomic mass is 10.1. The minimum Gasteiger partial charge on any atom is -0.495 e. The van der Waals surface area contributed by atoms with Crippen molar-refractivity contribution in [3.8, 4) is 5.75 Å². The minimum atomic E-state index is -3.69. The summed E-state index contributed by atoms with van der Waals surface area (Å²) in [6.45, 7) is 3.03. The zero-order valence-electron chi connectivity index (χ0n) is 16.9. The molecule has 0 fully saturated rings. The Morgan fingerprint density at radius 1 is 1.18 bits per heavy atom. The van der Waals surface area contributed by atoms with Crippen molar-refractivity contribution in [1.82, 2.24) is 4.31 Å². The Balaban J connectivity index is 2.10. The fraction of sp³-hybridized carbons (Fsp3) is 0.350. The van der Waals surface area contributed by atoms with Crippen LogP contribution in [0.2, 0.25) is 0 Å². The van der Waals surface area contributed by atoms with Crippen LogP contribution in [0.5, 0.6) is 5.75 Å². The summed E-state index contributed by atoms with van der Waals surface area (Å²) < 4.78 is 31.3. The summed E-state index contributed by atoms with van der Waals surface area (Å²) in [7, 11) is 2.56. The zero-order valence-corrected chi connectivity index (χ0v) is 17.8. The number of sulfonamides is 1. The van der Waals surface area contributed by atoms with Crippen LogP contribution < -0.4 is 15.0 Å². The molecule has 8 heteroatoms. The maximum absolute atomic E-state index is 12.5. The number of likely N-dealkylation sites (N-methyl/N-ethyl adjacent to an activating group) is 1. The van der Waals surface area contributed by atoms with Gasteiger partial charge in [0.25, 0.3) is 5.91 Å². The number of hydrogen-bond donors (Lipinski definition) is 2. The van der Waals surface area contributed by atoms with Gasteiger partial charge >= 0.3 is 0 Å². The van der Waals surface area contributed by atoms with Crippen molar-refractivity contribution in [1.29, 1.82) is 0 Å². The topological polar surface area (TPSA) is 80.1 Å². The van der Waals surface area contributed by atoms with Crippen LogP contribution in [0.25, 0.3) is 0 Å². The maximum Gasteiger partial charge on any atom is 0.279 e. The van der Waals surface area contributed by atoms with E-state index in [4.69, 9.17) is 4.74 Å². The average Bonchev–Trinajstić information content (AvgIpc) is 2.63. The normalized spacial score (nSPS) is 12.6. The summed E-state index contributed by atoms with van der Waals surface area (Å²) in [5, 5.41) is 2.78. The van der Waals surface area contributed by atoms with Gasteiger partial charge in [-0.2, -0.15) is 0 Å². The second kappa shape index (κ2) is 9.18. The van der Waals surface area contributed by atoms with Gasteiger partial charge in [-0.05, 0) is 30.7 Å². The molecule has 0 saturated carbocycles. The van der Waals surface area contributed by atoms with Gasteiger partial charge in [0.1, 0.15) is 17.2 Å². The van der Waals surface area contributed by atoms with Crippen LogP contribution in [-0.2, 0) is 21.4 Å². The molecule has 0 aliphatic carbocycles. The van der Waals surface area contributed by atoms with Gasteiger partial charge in [-0.15, -0.1) is 0 Å². The first kappa shape index (κ1) is 21.9. The predicted octanol–water partition coefficient (Wildman–Crippen LogP) is 0.907. The van der Waals surface area contributed by atoms with Crippen molar-refractivity contribution in [2.24, 2.45) is 0 Å². The SMILES string of the molecule is COc1ccc(NC(=O)C[NH+](C)Cc2ccccc2C)cc1S(=O)(=O)N(C)C. The van der Waals surface area contributed by atoms with Crippen LogP contribution in [0.1, 0.15) is 11.1 Å². The minimum absolute atomic E-state index is 0.0124. The van der Waals surface area contributed by atoms with E-state index in [0.717, 1.165) is 15.7 Å². The van der Waals surface area contributed by atoms with Crippen LogP contribution in [0.15, 0.2) is 47.4 Å². The largest absolute Gasteiger partial charge is 0.495 e. The van der Waals surface area contributed by atoms with Crippen molar-refractivity contribution >= 4 is 21.6 Å². The molecule has 7 nitrogen and oxygen atoms in total. The number of quaternary nitrogens is 1. The van der Waals surface area contributed by atoms with Gasteiger partial charge in [-0.1, -0.05) is 24.3 Å². The first-order valence-corrected chi connectivity index (χ1v) is 10.4. The van der Waals surface area contributed by atoms with Gasteiger partial charge in [0.15, 0.2) is 6.54 Å². The van der Waals surface area contributed by atoms with Gasteiger partial charge in [0.05, 0.1) is 14.2 Å². The standard InChI is InChI=1S/C20H27N3O4S/c1-15-8-6-7-9-16(15)13-23(4)14-20(24)21-17-10-11-18(27-5)19(12-17)28(25,26)22(2)3/h6-12H,13-14H2,1-5H3,(H,21,24)/p+1. The van der Waals surface area contributed by atoms with Crippen LogP contribution in [-0.4, -0.2) is 53.4 Å². The molecule has 0 aliphatic heterocycles. The summed E-state index contributed by atoms with van der Waals surface area (Å²) in [5.74, 6) is 0.0402. The molecule has 152 valence electrons. The Hall–Kier alpha value is -2.42. The summed E-state index contributed by atoms with van der Waals surface area (Å²) >= 11 is 0. The maximum atomic E-state index is 12.5. The Bertz CT molecular complexity index is 942. The smallest absolute Gasteiger partial charge is 0.279 e. The number of methoxy groups -OCH3 is 1. The summed E-state index contributed by atoms with van der Waals surface area (Å²) in [4.78, 5) is 13.5. The molecule has 0 bridgehead atoms. The third-order valence-electron chi connectivity index (χ3n) is 4.42. The molecule has 0 saturated heterocycles. The van der Waals surface area contributed by atoms with E-state index in [9.17, 15) is 13.2 Å². The lowest BCUT2D eigenvalue weighted by Gasteiger charge is -2.17. The summed E-state index contributed by atoms with van der Waals surface area (Å²) in [6, 6.07) is 12.7. The van der Waals surface area contributed by atoms with Crippen LogP contribution in [0.3, 0.4) is 0 Å². The number of nitrogens with zero attached hydrogens (tertiary/aromatic N) is 1. The van der Waals surface area contributed by atoms with E-state index in [1.807, 2.05) is 32.2 Å². The third kappa shape index (κ3) is 5.31. The second-order valence-corrected chi connectivity index (χ2v) is 9.06. The van der Waals surface area contributed by atoms with Crippen molar-refractivity contribution in [3.05, 3.63) is 53.6 Å². The number of amides is 1. The Morgan fingerprint density at radius 2 is 1.86 bits per heavy atom. The molecule has 2 N–H and O–H groups in total.